The number of thioether (sulfide) groups is 1. The fourth-order valence-corrected chi connectivity index (χ4v) is 4.03. The number of ether oxygens (including phenoxy) is 2. The van der Waals surface area contributed by atoms with E-state index < -0.39 is 0 Å². The largest absolute Gasteiger partial charge is 0.454 e. The molecule has 3 heterocycles. The lowest BCUT2D eigenvalue weighted by atomic mass is 10.1. The van der Waals surface area contributed by atoms with Crippen LogP contribution in [0.3, 0.4) is 0 Å². The lowest BCUT2D eigenvalue weighted by Crippen LogP contribution is -2.20. The molecular formula is C21H17N3O4S. The summed E-state index contributed by atoms with van der Waals surface area (Å²) in [7, 11) is 0. The summed E-state index contributed by atoms with van der Waals surface area (Å²) < 4.78 is 16.3. The minimum absolute atomic E-state index is 0.148. The molecule has 1 N–H and O–H groups in total. The van der Waals surface area contributed by atoms with Gasteiger partial charge >= 0.3 is 0 Å². The van der Waals surface area contributed by atoms with Crippen molar-refractivity contribution < 1.29 is 18.7 Å². The van der Waals surface area contributed by atoms with Gasteiger partial charge in [0.1, 0.15) is 5.52 Å². The van der Waals surface area contributed by atoms with Crippen molar-refractivity contribution in [2.45, 2.75) is 13.3 Å². The molecule has 5 rings (SSSR count). The summed E-state index contributed by atoms with van der Waals surface area (Å²) in [6.45, 7) is 2.64. The van der Waals surface area contributed by atoms with Crippen LogP contribution in [-0.4, -0.2) is 29.4 Å². The van der Waals surface area contributed by atoms with Crippen molar-refractivity contribution in [1.29, 1.82) is 0 Å². The van der Waals surface area contributed by atoms with Crippen LogP contribution in [0.2, 0.25) is 0 Å². The Morgan fingerprint density at radius 1 is 1.21 bits per heavy atom. The van der Waals surface area contributed by atoms with Crippen molar-refractivity contribution in [1.82, 2.24) is 10.3 Å². The zero-order valence-electron chi connectivity index (χ0n) is 15.6. The van der Waals surface area contributed by atoms with Gasteiger partial charge in [-0.15, -0.1) is 0 Å². The first-order valence-corrected chi connectivity index (χ1v) is 9.97. The normalized spacial score (nSPS) is 18.2. The zero-order chi connectivity index (χ0) is 19.8. The topological polar surface area (TPSA) is 86.0 Å². The number of nitrogens with one attached hydrogen (secondary N) is 1. The average Bonchev–Trinajstić information content (AvgIpc) is 3.39. The van der Waals surface area contributed by atoms with E-state index in [1.165, 1.54) is 11.8 Å². The van der Waals surface area contributed by atoms with Gasteiger partial charge in [-0.3, -0.25) is 9.79 Å². The van der Waals surface area contributed by atoms with Gasteiger partial charge in [-0.2, -0.15) is 0 Å². The third-order valence-electron chi connectivity index (χ3n) is 4.56. The predicted molar refractivity (Wildman–Crippen MR) is 111 cm³/mol. The van der Waals surface area contributed by atoms with E-state index in [4.69, 9.17) is 13.9 Å². The predicted octanol–water partition coefficient (Wildman–Crippen LogP) is 3.67. The first kappa shape index (κ1) is 17.8. The Kier molecular flexibility index (Phi) is 4.48. The SMILES string of the molecule is Cc1nc2ccc(/C=C3/SC(=NCCc4ccc5c(c4)OCO5)NC3=O)cc2o1. The van der Waals surface area contributed by atoms with E-state index in [0.29, 0.717) is 28.1 Å². The number of carbonyl (C=O) groups is 1. The van der Waals surface area contributed by atoms with Crippen molar-refractivity contribution in [3.8, 4) is 11.5 Å². The van der Waals surface area contributed by atoms with Gasteiger partial charge in [-0.1, -0.05) is 12.1 Å². The molecule has 0 aliphatic carbocycles. The molecule has 0 radical (unpaired) electrons. The molecule has 0 saturated carbocycles. The van der Waals surface area contributed by atoms with Crippen molar-refractivity contribution in [3.63, 3.8) is 0 Å². The van der Waals surface area contributed by atoms with Crippen LogP contribution in [0.1, 0.15) is 17.0 Å². The van der Waals surface area contributed by atoms with E-state index in [2.05, 4.69) is 15.3 Å². The number of amidine groups is 1. The lowest BCUT2D eigenvalue weighted by molar-refractivity contribution is -0.115. The summed E-state index contributed by atoms with van der Waals surface area (Å²) in [6, 6.07) is 11.6. The summed E-state index contributed by atoms with van der Waals surface area (Å²) in [5, 5.41) is 3.43. The minimum Gasteiger partial charge on any atom is -0.454 e. The summed E-state index contributed by atoms with van der Waals surface area (Å²) in [6.07, 6.45) is 2.58. The van der Waals surface area contributed by atoms with Gasteiger partial charge in [-0.05, 0) is 59.7 Å². The van der Waals surface area contributed by atoms with E-state index in [9.17, 15) is 4.79 Å². The third kappa shape index (κ3) is 3.71. The number of fused-ring (bicyclic) bond motifs is 2. The highest BCUT2D eigenvalue weighted by Crippen LogP contribution is 2.32. The lowest BCUT2D eigenvalue weighted by Gasteiger charge is -2.01. The first-order chi connectivity index (χ1) is 14.1. The molecule has 1 saturated heterocycles. The molecule has 1 amide bonds. The maximum Gasteiger partial charge on any atom is 0.264 e. The molecule has 7 nitrogen and oxygen atoms in total. The zero-order valence-corrected chi connectivity index (χ0v) is 16.4. The molecule has 8 heteroatoms. The van der Waals surface area contributed by atoms with Gasteiger partial charge in [0.15, 0.2) is 28.1 Å². The van der Waals surface area contributed by atoms with E-state index in [1.807, 2.05) is 49.4 Å². The highest BCUT2D eigenvalue weighted by Gasteiger charge is 2.23. The van der Waals surface area contributed by atoms with Crippen LogP contribution in [0.15, 0.2) is 50.7 Å². The Morgan fingerprint density at radius 2 is 2.10 bits per heavy atom. The molecule has 1 aromatic heterocycles. The first-order valence-electron chi connectivity index (χ1n) is 9.15. The maximum absolute atomic E-state index is 12.3. The third-order valence-corrected chi connectivity index (χ3v) is 5.51. The molecule has 2 aliphatic rings. The molecule has 0 bridgehead atoms. The van der Waals surface area contributed by atoms with E-state index in [-0.39, 0.29) is 12.7 Å². The number of hydrogen-bond acceptors (Lipinski definition) is 7. The Balaban J connectivity index is 1.26. The Labute approximate surface area is 170 Å². The second-order valence-electron chi connectivity index (χ2n) is 6.65. The van der Waals surface area contributed by atoms with Crippen LogP contribution < -0.4 is 14.8 Å². The quantitative estimate of drug-likeness (QED) is 0.664. The number of hydrogen-bond donors (Lipinski definition) is 1. The number of aryl methyl sites for hydroxylation is 1. The number of aliphatic imine (C=N–C) groups is 1. The maximum atomic E-state index is 12.3. The standard InChI is InChI=1S/C21H17N3O4S/c1-12-23-15-4-2-14(9-17(15)28-12)10-19-20(25)24-21(29-19)22-7-6-13-3-5-16-18(8-13)27-11-26-16/h2-5,8-10H,6-7,11H2,1H3,(H,22,24,25)/b19-10+. The van der Waals surface area contributed by atoms with Gasteiger partial charge in [-0.25, -0.2) is 4.98 Å². The second-order valence-corrected chi connectivity index (χ2v) is 7.68. The van der Waals surface area contributed by atoms with E-state index in [0.717, 1.165) is 34.6 Å². The fourth-order valence-electron chi connectivity index (χ4n) is 3.18. The summed E-state index contributed by atoms with van der Waals surface area (Å²) >= 11 is 1.34. The van der Waals surface area contributed by atoms with Crippen LogP contribution in [0.4, 0.5) is 0 Å². The number of amides is 1. The van der Waals surface area contributed by atoms with Crippen molar-refractivity contribution in [2.24, 2.45) is 4.99 Å². The molecule has 0 atom stereocenters. The molecule has 2 aliphatic heterocycles. The Hall–Kier alpha value is -3.26. The van der Waals surface area contributed by atoms with Crippen LogP contribution in [-0.2, 0) is 11.2 Å². The van der Waals surface area contributed by atoms with E-state index >= 15 is 0 Å². The number of aromatic nitrogens is 1. The van der Waals surface area contributed by atoms with Crippen LogP contribution in [0, 0.1) is 6.92 Å². The minimum atomic E-state index is -0.148. The molecular weight excluding hydrogens is 390 g/mol. The van der Waals surface area contributed by atoms with Crippen molar-refractivity contribution >= 4 is 40.0 Å². The fraction of sp³-hybridized carbons (Fsp3) is 0.190. The molecule has 0 spiro atoms. The average molecular weight is 407 g/mol. The van der Waals surface area contributed by atoms with Gasteiger partial charge in [0.25, 0.3) is 5.91 Å². The molecule has 2 aromatic carbocycles. The number of benzene rings is 2. The van der Waals surface area contributed by atoms with Gasteiger partial charge < -0.3 is 19.2 Å². The Morgan fingerprint density at radius 3 is 3.03 bits per heavy atom. The smallest absolute Gasteiger partial charge is 0.264 e. The highest BCUT2D eigenvalue weighted by atomic mass is 32.2. The summed E-state index contributed by atoms with van der Waals surface area (Å²) in [4.78, 5) is 21.7. The van der Waals surface area contributed by atoms with Crippen LogP contribution >= 0.6 is 11.8 Å². The molecule has 1 fully saturated rings. The van der Waals surface area contributed by atoms with Gasteiger partial charge in [0.05, 0.1) is 4.91 Å². The number of carbonyl (C=O) groups excluding carboxylic acids is 1. The van der Waals surface area contributed by atoms with Gasteiger partial charge in [0, 0.05) is 13.5 Å². The van der Waals surface area contributed by atoms with E-state index in [1.54, 1.807) is 0 Å². The number of nitrogens with zero attached hydrogens (tertiary/aromatic N) is 2. The number of oxazole rings is 1. The molecule has 3 aromatic rings. The molecule has 0 unspecified atom stereocenters. The van der Waals surface area contributed by atoms with Crippen LogP contribution in [0.5, 0.6) is 11.5 Å². The number of rotatable bonds is 4. The second kappa shape index (κ2) is 7.29. The monoisotopic (exact) mass is 407 g/mol. The van der Waals surface area contributed by atoms with Gasteiger partial charge in [0.2, 0.25) is 6.79 Å². The van der Waals surface area contributed by atoms with Crippen LogP contribution in [0.25, 0.3) is 17.2 Å². The Bertz CT molecular complexity index is 1180. The summed E-state index contributed by atoms with van der Waals surface area (Å²) in [5.74, 6) is 2.01. The van der Waals surface area contributed by atoms with Crippen molar-refractivity contribution in [3.05, 3.63) is 58.3 Å². The summed E-state index contributed by atoms with van der Waals surface area (Å²) in [5.41, 5.74) is 3.50. The highest BCUT2D eigenvalue weighted by molar-refractivity contribution is 8.18. The van der Waals surface area contributed by atoms with Crippen molar-refractivity contribution in [2.75, 3.05) is 13.3 Å². The molecule has 29 heavy (non-hydrogen) atoms. The molecule has 146 valence electrons.